The monoisotopic (exact) mass is 396 g/mol. The van der Waals surface area contributed by atoms with Crippen LogP contribution in [0, 0.1) is 0 Å². The largest absolute Gasteiger partial charge is 0.340 e. The summed E-state index contributed by atoms with van der Waals surface area (Å²) in [6.07, 6.45) is 2.92. The van der Waals surface area contributed by atoms with E-state index in [1.807, 2.05) is 48.5 Å². The van der Waals surface area contributed by atoms with E-state index in [9.17, 15) is 9.59 Å². The summed E-state index contributed by atoms with van der Waals surface area (Å²) in [7, 11) is 0. The smallest absolute Gasteiger partial charge is 0.251 e. The average Bonchev–Trinajstić information content (AvgIpc) is 3.32. The highest BCUT2D eigenvalue weighted by atomic mass is 16.2. The molecule has 0 aliphatic carbocycles. The van der Waals surface area contributed by atoms with Gasteiger partial charge in [-0.25, -0.2) is 4.98 Å². The summed E-state index contributed by atoms with van der Waals surface area (Å²) in [4.78, 5) is 29.8. The number of carbonyl (C=O) groups excluding carboxylic acids is 2. The number of ketones is 1. The van der Waals surface area contributed by atoms with Gasteiger partial charge >= 0.3 is 0 Å². The van der Waals surface area contributed by atoms with Gasteiger partial charge in [0.25, 0.3) is 5.91 Å². The van der Waals surface area contributed by atoms with E-state index in [0.717, 1.165) is 11.1 Å². The Kier molecular flexibility index (Phi) is 5.75. The molecule has 4 rings (SSSR count). The van der Waals surface area contributed by atoms with Crippen molar-refractivity contribution in [3.05, 3.63) is 109 Å². The van der Waals surface area contributed by atoms with Crippen molar-refractivity contribution in [1.29, 1.82) is 0 Å². The van der Waals surface area contributed by atoms with Crippen molar-refractivity contribution in [2.24, 2.45) is 0 Å². The van der Waals surface area contributed by atoms with Crippen LogP contribution < -0.4 is 5.32 Å². The van der Waals surface area contributed by atoms with Gasteiger partial charge in [0.15, 0.2) is 5.78 Å². The third-order valence-corrected chi connectivity index (χ3v) is 4.77. The third-order valence-electron chi connectivity index (χ3n) is 4.77. The SMILES string of the molecule is O=C(NC(Cn1cncn1)C(=O)c1ccccc1)c1ccc(-c2ccccc2)cc1. The van der Waals surface area contributed by atoms with Crippen LogP contribution in [-0.4, -0.2) is 32.5 Å². The second-order valence-electron chi connectivity index (χ2n) is 6.82. The number of Topliss-reactive ketones (excluding diaryl/α,β-unsaturated/α-hetero) is 1. The molecular formula is C24H20N4O2. The zero-order chi connectivity index (χ0) is 20.8. The molecule has 0 radical (unpaired) electrons. The van der Waals surface area contributed by atoms with Gasteiger partial charge in [0.1, 0.15) is 18.7 Å². The van der Waals surface area contributed by atoms with Gasteiger partial charge in [0.2, 0.25) is 0 Å². The summed E-state index contributed by atoms with van der Waals surface area (Å²) in [5.74, 6) is -0.496. The minimum atomic E-state index is -0.768. The topological polar surface area (TPSA) is 76.9 Å². The van der Waals surface area contributed by atoms with Gasteiger partial charge < -0.3 is 5.32 Å². The van der Waals surface area contributed by atoms with E-state index < -0.39 is 6.04 Å². The molecule has 1 heterocycles. The molecule has 0 aliphatic rings. The van der Waals surface area contributed by atoms with Gasteiger partial charge in [-0.2, -0.15) is 5.10 Å². The van der Waals surface area contributed by atoms with Crippen molar-refractivity contribution in [2.45, 2.75) is 12.6 Å². The Balaban J connectivity index is 1.53. The zero-order valence-electron chi connectivity index (χ0n) is 16.2. The highest BCUT2D eigenvalue weighted by molar-refractivity contribution is 6.04. The van der Waals surface area contributed by atoms with E-state index in [1.165, 1.54) is 17.3 Å². The lowest BCUT2D eigenvalue weighted by Gasteiger charge is -2.18. The molecule has 4 aromatic rings. The number of rotatable bonds is 7. The standard InChI is InChI=1S/C24H20N4O2/c29-23(20-9-5-2-6-10-20)22(15-28-17-25-16-26-28)27-24(30)21-13-11-19(12-14-21)18-7-3-1-4-8-18/h1-14,16-17,22H,15H2,(H,27,30). The normalized spacial score (nSPS) is 11.6. The predicted octanol–water partition coefficient (Wildman–Crippen LogP) is 3.63. The van der Waals surface area contributed by atoms with E-state index in [0.29, 0.717) is 11.1 Å². The first-order chi connectivity index (χ1) is 14.7. The molecule has 0 spiro atoms. The van der Waals surface area contributed by atoms with Crippen molar-refractivity contribution in [2.75, 3.05) is 0 Å². The number of nitrogens with zero attached hydrogens (tertiary/aromatic N) is 3. The highest BCUT2D eigenvalue weighted by Crippen LogP contribution is 2.19. The Hall–Kier alpha value is -4.06. The molecule has 1 N–H and O–H groups in total. The van der Waals surface area contributed by atoms with E-state index in [4.69, 9.17) is 0 Å². The lowest BCUT2D eigenvalue weighted by molar-refractivity contribution is 0.0845. The Morgan fingerprint density at radius 1 is 0.800 bits per heavy atom. The van der Waals surface area contributed by atoms with Crippen molar-refractivity contribution >= 4 is 11.7 Å². The van der Waals surface area contributed by atoms with Crippen LogP contribution in [0.1, 0.15) is 20.7 Å². The fourth-order valence-electron chi connectivity index (χ4n) is 3.20. The third kappa shape index (κ3) is 4.50. The number of hydrogen-bond acceptors (Lipinski definition) is 4. The van der Waals surface area contributed by atoms with E-state index in [2.05, 4.69) is 15.4 Å². The summed E-state index contributed by atoms with van der Waals surface area (Å²) in [6, 6.07) is 25.4. The van der Waals surface area contributed by atoms with Crippen molar-refractivity contribution < 1.29 is 9.59 Å². The number of nitrogens with one attached hydrogen (secondary N) is 1. The van der Waals surface area contributed by atoms with Crippen LogP contribution in [0.4, 0.5) is 0 Å². The Morgan fingerprint density at radius 2 is 1.43 bits per heavy atom. The van der Waals surface area contributed by atoms with Gasteiger partial charge in [-0.15, -0.1) is 0 Å². The van der Waals surface area contributed by atoms with Crippen LogP contribution in [0.3, 0.4) is 0 Å². The first-order valence-corrected chi connectivity index (χ1v) is 9.59. The molecule has 3 aromatic carbocycles. The fraction of sp³-hybridized carbons (Fsp3) is 0.0833. The fourth-order valence-corrected chi connectivity index (χ4v) is 3.20. The van der Waals surface area contributed by atoms with Crippen LogP contribution in [0.15, 0.2) is 97.6 Å². The van der Waals surface area contributed by atoms with E-state index >= 15 is 0 Å². The Bertz CT molecular complexity index is 1110. The second-order valence-corrected chi connectivity index (χ2v) is 6.82. The van der Waals surface area contributed by atoms with Crippen molar-refractivity contribution in [3.8, 4) is 11.1 Å². The number of aromatic nitrogens is 3. The Morgan fingerprint density at radius 3 is 2.07 bits per heavy atom. The molecule has 0 bridgehead atoms. The van der Waals surface area contributed by atoms with Crippen LogP contribution in [0.2, 0.25) is 0 Å². The van der Waals surface area contributed by atoms with Gasteiger partial charge in [0, 0.05) is 11.1 Å². The zero-order valence-corrected chi connectivity index (χ0v) is 16.2. The molecule has 30 heavy (non-hydrogen) atoms. The summed E-state index contributed by atoms with van der Waals surface area (Å²) in [5.41, 5.74) is 3.11. The maximum absolute atomic E-state index is 13.0. The van der Waals surface area contributed by atoms with E-state index in [-0.39, 0.29) is 18.2 Å². The minimum Gasteiger partial charge on any atom is -0.340 e. The van der Waals surface area contributed by atoms with Crippen molar-refractivity contribution in [1.82, 2.24) is 20.1 Å². The number of hydrogen-bond donors (Lipinski definition) is 1. The van der Waals surface area contributed by atoms with Gasteiger partial charge in [-0.05, 0) is 23.3 Å². The van der Waals surface area contributed by atoms with Crippen LogP contribution >= 0.6 is 0 Å². The van der Waals surface area contributed by atoms with Gasteiger partial charge in [-0.1, -0.05) is 72.8 Å². The van der Waals surface area contributed by atoms with Gasteiger partial charge in [0.05, 0.1) is 6.54 Å². The van der Waals surface area contributed by atoms with Crippen LogP contribution in [-0.2, 0) is 6.54 Å². The lowest BCUT2D eigenvalue weighted by atomic mass is 10.0. The van der Waals surface area contributed by atoms with Crippen LogP contribution in [0.5, 0.6) is 0 Å². The molecule has 0 saturated carbocycles. The minimum absolute atomic E-state index is 0.180. The summed E-state index contributed by atoms with van der Waals surface area (Å²) < 4.78 is 1.53. The first kappa shape index (κ1) is 19.3. The molecule has 6 heteroatoms. The summed E-state index contributed by atoms with van der Waals surface area (Å²) in [5, 5.41) is 6.91. The lowest BCUT2D eigenvalue weighted by Crippen LogP contribution is -2.44. The van der Waals surface area contributed by atoms with Gasteiger partial charge in [-0.3, -0.25) is 14.3 Å². The molecule has 148 valence electrons. The molecule has 0 saturated heterocycles. The number of benzene rings is 3. The molecular weight excluding hydrogens is 376 g/mol. The molecule has 1 aromatic heterocycles. The molecule has 0 aliphatic heterocycles. The molecule has 1 unspecified atom stereocenters. The Labute approximate surface area is 174 Å². The first-order valence-electron chi connectivity index (χ1n) is 9.59. The molecule has 1 atom stereocenters. The molecule has 6 nitrogen and oxygen atoms in total. The van der Waals surface area contributed by atoms with Crippen LogP contribution in [0.25, 0.3) is 11.1 Å². The average molecular weight is 396 g/mol. The maximum atomic E-state index is 13.0. The number of amides is 1. The molecule has 0 fully saturated rings. The van der Waals surface area contributed by atoms with E-state index in [1.54, 1.807) is 36.4 Å². The highest BCUT2D eigenvalue weighted by Gasteiger charge is 2.23. The predicted molar refractivity (Wildman–Crippen MR) is 114 cm³/mol. The summed E-state index contributed by atoms with van der Waals surface area (Å²) >= 11 is 0. The molecule has 1 amide bonds. The second kappa shape index (κ2) is 8.96. The number of carbonyl (C=O) groups is 2. The summed E-state index contributed by atoms with van der Waals surface area (Å²) in [6.45, 7) is 0.196. The quantitative estimate of drug-likeness (QED) is 0.484. The maximum Gasteiger partial charge on any atom is 0.251 e. The van der Waals surface area contributed by atoms with Crippen molar-refractivity contribution in [3.63, 3.8) is 0 Å².